The molecule has 20 heavy (non-hydrogen) atoms. The van der Waals surface area contributed by atoms with Crippen molar-refractivity contribution >= 4 is 0 Å². The van der Waals surface area contributed by atoms with Gasteiger partial charge in [0.05, 0.1) is 6.10 Å². The quantitative estimate of drug-likeness (QED) is 0.536. The van der Waals surface area contributed by atoms with Crippen molar-refractivity contribution in [1.29, 1.82) is 0 Å². The van der Waals surface area contributed by atoms with Crippen molar-refractivity contribution in [2.24, 2.45) is 0 Å². The molecule has 0 saturated carbocycles. The third kappa shape index (κ3) is 5.76. The van der Waals surface area contributed by atoms with Gasteiger partial charge in [-0.3, -0.25) is 0 Å². The fraction of sp³-hybridized carbons (Fsp3) is 0.529. The van der Waals surface area contributed by atoms with E-state index < -0.39 is 6.10 Å². The first-order chi connectivity index (χ1) is 9.54. The van der Waals surface area contributed by atoms with Crippen molar-refractivity contribution in [2.45, 2.75) is 45.8 Å². The number of rotatable bonds is 9. The molecular formula is C17H27NO2. The van der Waals surface area contributed by atoms with Crippen LogP contribution >= 0.6 is 0 Å². The van der Waals surface area contributed by atoms with Crippen molar-refractivity contribution in [2.75, 3.05) is 13.2 Å². The summed E-state index contributed by atoms with van der Waals surface area (Å²) >= 11 is 0. The first-order valence-corrected chi connectivity index (χ1v) is 7.33. The highest BCUT2D eigenvalue weighted by Gasteiger charge is 2.15. The van der Waals surface area contributed by atoms with E-state index in [1.807, 2.05) is 38.1 Å². The molecule has 1 rings (SSSR count). The van der Waals surface area contributed by atoms with Crippen LogP contribution in [-0.2, 0) is 0 Å². The normalized spacial score (nSPS) is 13.8. The molecule has 0 aromatic heterocycles. The van der Waals surface area contributed by atoms with Crippen molar-refractivity contribution in [3.05, 3.63) is 42.0 Å². The fourth-order valence-electron chi connectivity index (χ4n) is 1.87. The van der Waals surface area contributed by atoms with Gasteiger partial charge in [0, 0.05) is 6.04 Å². The van der Waals surface area contributed by atoms with Gasteiger partial charge in [-0.2, -0.15) is 0 Å². The second-order valence-electron chi connectivity index (χ2n) is 5.36. The number of benzene rings is 1. The Hall–Kier alpha value is -1.32. The number of nitrogens with one attached hydrogen (secondary N) is 1. The van der Waals surface area contributed by atoms with Crippen LogP contribution in [0.2, 0.25) is 0 Å². The smallest absolute Gasteiger partial charge is 0.119 e. The van der Waals surface area contributed by atoms with Crippen LogP contribution in [0.3, 0.4) is 0 Å². The second-order valence-corrected chi connectivity index (χ2v) is 5.36. The molecule has 1 aromatic rings. The maximum atomic E-state index is 10.3. The van der Waals surface area contributed by atoms with E-state index >= 15 is 0 Å². The van der Waals surface area contributed by atoms with Crippen molar-refractivity contribution < 1.29 is 9.84 Å². The summed E-state index contributed by atoms with van der Waals surface area (Å²) in [6, 6.07) is 7.65. The molecule has 3 nitrogen and oxygen atoms in total. The van der Waals surface area contributed by atoms with Gasteiger partial charge in [0.1, 0.15) is 12.4 Å². The molecule has 0 bridgehead atoms. The first kappa shape index (κ1) is 16.7. The molecule has 0 saturated heterocycles. The first-order valence-electron chi connectivity index (χ1n) is 7.33. The zero-order chi connectivity index (χ0) is 15.0. The number of unbranched alkanes of at least 4 members (excludes halogenated alkanes) is 1. The van der Waals surface area contributed by atoms with Crippen LogP contribution < -0.4 is 10.1 Å². The van der Waals surface area contributed by atoms with E-state index in [2.05, 4.69) is 18.8 Å². The van der Waals surface area contributed by atoms with E-state index in [1.54, 1.807) is 0 Å². The second kappa shape index (κ2) is 8.77. The lowest BCUT2D eigenvalue weighted by molar-refractivity contribution is 0.136. The van der Waals surface area contributed by atoms with Crippen LogP contribution in [0.5, 0.6) is 5.75 Å². The topological polar surface area (TPSA) is 41.5 Å². The molecule has 0 aliphatic rings. The summed E-state index contributed by atoms with van der Waals surface area (Å²) in [5, 5.41) is 13.6. The number of hydrogen-bond acceptors (Lipinski definition) is 3. The highest BCUT2D eigenvalue weighted by atomic mass is 16.5. The van der Waals surface area contributed by atoms with Crippen LogP contribution in [0.25, 0.3) is 0 Å². The van der Waals surface area contributed by atoms with Gasteiger partial charge in [-0.25, -0.2) is 0 Å². The van der Waals surface area contributed by atoms with Crippen molar-refractivity contribution in [1.82, 2.24) is 5.32 Å². The van der Waals surface area contributed by atoms with E-state index in [0.29, 0.717) is 6.61 Å². The maximum Gasteiger partial charge on any atom is 0.119 e. The molecule has 0 spiro atoms. The largest absolute Gasteiger partial charge is 0.489 e. The zero-order valence-corrected chi connectivity index (χ0v) is 12.9. The Morgan fingerprint density at radius 1 is 1.35 bits per heavy atom. The zero-order valence-electron chi connectivity index (χ0n) is 12.9. The van der Waals surface area contributed by atoms with Crippen molar-refractivity contribution in [3.63, 3.8) is 0 Å². The monoisotopic (exact) mass is 277 g/mol. The molecule has 2 atom stereocenters. The molecular weight excluding hydrogens is 250 g/mol. The van der Waals surface area contributed by atoms with Gasteiger partial charge in [0.2, 0.25) is 0 Å². The van der Waals surface area contributed by atoms with Gasteiger partial charge < -0.3 is 15.2 Å². The Bertz CT molecular complexity index is 400. The predicted octanol–water partition coefficient (Wildman–Crippen LogP) is 3.45. The summed E-state index contributed by atoms with van der Waals surface area (Å²) in [6.45, 7) is 11.4. The molecule has 2 N–H and O–H groups in total. The Labute approximate surface area is 122 Å². The molecule has 0 aliphatic heterocycles. The standard InChI is InChI=1S/C17H27NO2/c1-5-6-11-18-14(4)17(19)15-7-9-16(10-8-15)20-12-13(2)3/h7-10,14,17-19H,2,5-6,11-12H2,1,3-4H3. The van der Waals surface area contributed by atoms with Crippen LogP contribution in [0, 0.1) is 0 Å². The highest BCUT2D eigenvalue weighted by molar-refractivity contribution is 5.29. The van der Waals surface area contributed by atoms with Gasteiger partial charge in [-0.15, -0.1) is 0 Å². The lowest BCUT2D eigenvalue weighted by Gasteiger charge is -2.21. The minimum Gasteiger partial charge on any atom is -0.489 e. The number of hydrogen-bond donors (Lipinski definition) is 2. The SMILES string of the molecule is C=C(C)COc1ccc(C(O)C(C)NCCCC)cc1. The van der Waals surface area contributed by atoms with E-state index in [-0.39, 0.29) is 6.04 Å². The molecule has 0 fully saturated rings. The third-order valence-corrected chi connectivity index (χ3v) is 3.18. The Morgan fingerprint density at radius 2 is 2.00 bits per heavy atom. The number of aliphatic hydroxyl groups excluding tert-OH is 1. The maximum absolute atomic E-state index is 10.3. The van der Waals surface area contributed by atoms with E-state index in [0.717, 1.165) is 36.3 Å². The Morgan fingerprint density at radius 3 is 2.55 bits per heavy atom. The van der Waals surface area contributed by atoms with Gasteiger partial charge in [0.15, 0.2) is 0 Å². The van der Waals surface area contributed by atoms with Crippen LogP contribution in [0.4, 0.5) is 0 Å². The Kier molecular flexibility index (Phi) is 7.34. The van der Waals surface area contributed by atoms with Crippen LogP contribution in [0.15, 0.2) is 36.4 Å². The lowest BCUT2D eigenvalue weighted by atomic mass is 10.0. The average molecular weight is 277 g/mol. The Balaban J connectivity index is 2.51. The summed E-state index contributed by atoms with van der Waals surface area (Å²) in [4.78, 5) is 0. The molecule has 1 aromatic carbocycles. The minimum absolute atomic E-state index is 0.0451. The summed E-state index contributed by atoms with van der Waals surface area (Å²) in [6.07, 6.45) is 1.79. The van der Waals surface area contributed by atoms with Gasteiger partial charge in [-0.05, 0) is 50.1 Å². The molecule has 0 aliphatic carbocycles. The van der Waals surface area contributed by atoms with Crippen molar-refractivity contribution in [3.8, 4) is 5.75 Å². The molecule has 0 radical (unpaired) electrons. The van der Waals surface area contributed by atoms with Crippen LogP contribution in [0.1, 0.15) is 45.3 Å². The minimum atomic E-state index is -0.498. The van der Waals surface area contributed by atoms with E-state index in [9.17, 15) is 5.11 Å². The fourth-order valence-corrected chi connectivity index (χ4v) is 1.87. The third-order valence-electron chi connectivity index (χ3n) is 3.18. The predicted molar refractivity (Wildman–Crippen MR) is 84.1 cm³/mol. The number of ether oxygens (including phenoxy) is 1. The van der Waals surface area contributed by atoms with Crippen LogP contribution in [-0.4, -0.2) is 24.3 Å². The van der Waals surface area contributed by atoms with E-state index in [4.69, 9.17) is 4.74 Å². The van der Waals surface area contributed by atoms with Gasteiger partial charge in [-0.1, -0.05) is 32.1 Å². The highest BCUT2D eigenvalue weighted by Crippen LogP contribution is 2.20. The molecule has 112 valence electrons. The summed E-state index contributed by atoms with van der Waals surface area (Å²) < 4.78 is 5.55. The molecule has 0 amide bonds. The molecule has 3 heteroatoms. The average Bonchev–Trinajstić information content (AvgIpc) is 2.45. The lowest BCUT2D eigenvalue weighted by Crippen LogP contribution is -2.32. The summed E-state index contributed by atoms with van der Waals surface area (Å²) in [5.74, 6) is 0.801. The molecule has 0 heterocycles. The van der Waals surface area contributed by atoms with Gasteiger partial charge >= 0.3 is 0 Å². The summed E-state index contributed by atoms with van der Waals surface area (Å²) in [7, 11) is 0. The van der Waals surface area contributed by atoms with E-state index in [1.165, 1.54) is 0 Å². The van der Waals surface area contributed by atoms with Gasteiger partial charge in [0.25, 0.3) is 0 Å². The summed E-state index contributed by atoms with van der Waals surface area (Å²) in [5.41, 5.74) is 1.90. The molecule has 2 unspecified atom stereocenters. The number of aliphatic hydroxyl groups is 1.